The zero-order valence-corrected chi connectivity index (χ0v) is 18.1. The second-order valence-electron chi connectivity index (χ2n) is 8.00. The number of rotatable bonds is 4. The highest BCUT2D eigenvalue weighted by Crippen LogP contribution is 2.42. The normalized spacial score (nSPS) is 17.6. The van der Waals surface area contributed by atoms with Gasteiger partial charge in [0.05, 0.1) is 19.2 Å². The van der Waals surface area contributed by atoms with Gasteiger partial charge < -0.3 is 4.74 Å². The molecule has 2 heterocycles. The fourth-order valence-corrected chi connectivity index (χ4v) is 4.32. The Morgan fingerprint density at radius 3 is 2.25 bits per heavy atom. The summed E-state index contributed by atoms with van der Waals surface area (Å²) in [6.07, 6.45) is 2.21. The Labute approximate surface area is 187 Å². The summed E-state index contributed by atoms with van der Waals surface area (Å²) in [7, 11) is 1.66. The maximum Gasteiger partial charge on any atom is 0.261 e. The molecule has 1 aliphatic rings. The number of aryl methyl sites for hydroxylation is 1. The molecule has 6 heteroatoms. The van der Waals surface area contributed by atoms with Crippen molar-refractivity contribution in [3.05, 3.63) is 107 Å². The number of methoxy groups -OCH3 is 1. The highest BCUT2D eigenvalue weighted by atomic mass is 16.5. The number of aromatic nitrogens is 3. The molecule has 0 radical (unpaired) electrons. The number of benzene rings is 3. The molecule has 0 N–H and O–H groups in total. The quantitative estimate of drug-likeness (QED) is 0.464. The molecule has 0 bridgehead atoms. The topological polar surface area (TPSA) is 60.2 Å². The van der Waals surface area contributed by atoms with Crippen molar-refractivity contribution in [1.29, 1.82) is 0 Å². The molecular formula is C26H24N4O2. The van der Waals surface area contributed by atoms with E-state index in [9.17, 15) is 4.79 Å². The van der Waals surface area contributed by atoms with E-state index in [1.54, 1.807) is 12.0 Å². The van der Waals surface area contributed by atoms with E-state index < -0.39 is 0 Å². The lowest BCUT2D eigenvalue weighted by molar-refractivity contribution is 0.0963. The molecule has 0 unspecified atom stereocenters. The Morgan fingerprint density at radius 2 is 1.56 bits per heavy atom. The smallest absolute Gasteiger partial charge is 0.261 e. The Hall–Kier alpha value is -3.93. The molecule has 6 nitrogen and oxygen atoms in total. The first-order valence-corrected chi connectivity index (χ1v) is 10.6. The second kappa shape index (κ2) is 8.30. The van der Waals surface area contributed by atoms with Gasteiger partial charge in [-0.05, 0) is 48.7 Å². The van der Waals surface area contributed by atoms with Crippen molar-refractivity contribution in [3.63, 3.8) is 0 Å². The van der Waals surface area contributed by atoms with Gasteiger partial charge in [0.2, 0.25) is 5.95 Å². The molecule has 32 heavy (non-hydrogen) atoms. The highest BCUT2D eigenvalue weighted by molar-refractivity contribution is 6.05. The molecular weight excluding hydrogens is 400 g/mol. The van der Waals surface area contributed by atoms with Gasteiger partial charge in [0.1, 0.15) is 12.1 Å². The minimum Gasteiger partial charge on any atom is -0.497 e. The minimum absolute atomic E-state index is 0.0514. The number of carbonyl (C=O) groups excluding carboxylic acids is 1. The van der Waals surface area contributed by atoms with E-state index in [2.05, 4.69) is 53.4 Å². The van der Waals surface area contributed by atoms with Crippen LogP contribution < -0.4 is 9.64 Å². The average molecular weight is 425 g/mol. The molecule has 160 valence electrons. The summed E-state index contributed by atoms with van der Waals surface area (Å²) < 4.78 is 7.18. The van der Waals surface area contributed by atoms with Gasteiger partial charge in [-0.2, -0.15) is 10.1 Å². The Bertz CT molecular complexity index is 1220. The third-order valence-electron chi connectivity index (χ3n) is 6.03. The fraction of sp³-hybridized carbons (Fsp3) is 0.192. The Morgan fingerprint density at radius 1 is 0.906 bits per heavy atom. The van der Waals surface area contributed by atoms with Crippen LogP contribution in [0, 0.1) is 6.92 Å². The van der Waals surface area contributed by atoms with Crippen molar-refractivity contribution in [2.24, 2.45) is 0 Å². The van der Waals surface area contributed by atoms with Crippen LogP contribution in [0.3, 0.4) is 0 Å². The summed E-state index contributed by atoms with van der Waals surface area (Å²) in [6.45, 7) is 2.06. The van der Waals surface area contributed by atoms with Crippen LogP contribution in [0.25, 0.3) is 0 Å². The van der Waals surface area contributed by atoms with E-state index in [-0.39, 0.29) is 18.0 Å². The largest absolute Gasteiger partial charge is 0.497 e. The van der Waals surface area contributed by atoms with Gasteiger partial charge in [-0.25, -0.2) is 4.68 Å². The molecule has 1 aliphatic heterocycles. The lowest BCUT2D eigenvalue weighted by atomic mass is 9.91. The van der Waals surface area contributed by atoms with Gasteiger partial charge in [-0.1, -0.05) is 60.2 Å². The number of ether oxygens (including phenoxy) is 1. The zero-order chi connectivity index (χ0) is 22.1. The summed E-state index contributed by atoms with van der Waals surface area (Å²) in [5.41, 5.74) is 3.98. The average Bonchev–Trinajstić information content (AvgIpc) is 3.33. The first-order valence-electron chi connectivity index (χ1n) is 10.6. The van der Waals surface area contributed by atoms with Gasteiger partial charge in [0.25, 0.3) is 5.91 Å². The van der Waals surface area contributed by atoms with E-state index in [0.29, 0.717) is 17.9 Å². The van der Waals surface area contributed by atoms with Crippen molar-refractivity contribution in [2.45, 2.75) is 25.4 Å². The van der Waals surface area contributed by atoms with Crippen LogP contribution in [0.2, 0.25) is 0 Å². The summed E-state index contributed by atoms with van der Waals surface area (Å²) in [5, 5.41) is 4.51. The van der Waals surface area contributed by atoms with Crippen LogP contribution in [-0.4, -0.2) is 27.8 Å². The van der Waals surface area contributed by atoms with Gasteiger partial charge in [0.15, 0.2) is 0 Å². The van der Waals surface area contributed by atoms with E-state index in [0.717, 1.165) is 16.9 Å². The van der Waals surface area contributed by atoms with Gasteiger partial charge >= 0.3 is 0 Å². The summed E-state index contributed by atoms with van der Waals surface area (Å²) in [6, 6.07) is 25.5. The van der Waals surface area contributed by atoms with Gasteiger partial charge in [-0.15, -0.1) is 0 Å². The lowest BCUT2D eigenvalue weighted by Gasteiger charge is -2.39. The first-order chi connectivity index (χ1) is 15.7. The van der Waals surface area contributed by atoms with Gasteiger partial charge in [0, 0.05) is 5.56 Å². The van der Waals surface area contributed by atoms with Crippen molar-refractivity contribution in [1.82, 2.24) is 14.8 Å². The van der Waals surface area contributed by atoms with Crippen LogP contribution in [0.4, 0.5) is 5.95 Å². The Balaban J connectivity index is 1.63. The Kier molecular flexibility index (Phi) is 5.19. The summed E-state index contributed by atoms with van der Waals surface area (Å²) in [5.74, 6) is 1.27. The number of amides is 1. The van der Waals surface area contributed by atoms with E-state index in [1.807, 2.05) is 47.1 Å². The fourth-order valence-electron chi connectivity index (χ4n) is 4.32. The third-order valence-corrected chi connectivity index (χ3v) is 6.03. The van der Waals surface area contributed by atoms with Crippen LogP contribution in [-0.2, 0) is 0 Å². The second-order valence-corrected chi connectivity index (χ2v) is 8.00. The molecule has 0 fully saturated rings. The van der Waals surface area contributed by atoms with Crippen LogP contribution in [0.5, 0.6) is 5.75 Å². The van der Waals surface area contributed by atoms with E-state index >= 15 is 0 Å². The first kappa shape index (κ1) is 20.0. The molecule has 3 aromatic carbocycles. The van der Waals surface area contributed by atoms with Crippen LogP contribution >= 0.6 is 0 Å². The monoisotopic (exact) mass is 424 g/mol. The third kappa shape index (κ3) is 3.54. The predicted octanol–water partition coefficient (Wildman–Crippen LogP) is 4.98. The molecule has 5 rings (SSSR count). The number of nitrogens with zero attached hydrogens (tertiary/aromatic N) is 4. The minimum atomic E-state index is -0.174. The van der Waals surface area contributed by atoms with Crippen molar-refractivity contribution in [2.75, 3.05) is 12.0 Å². The van der Waals surface area contributed by atoms with Crippen molar-refractivity contribution < 1.29 is 9.53 Å². The number of hydrogen-bond acceptors (Lipinski definition) is 4. The lowest BCUT2D eigenvalue weighted by Crippen LogP contribution is -2.42. The summed E-state index contributed by atoms with van der Waals surface area (Å²) >= 11 is 0. The molecule has 0 aliphatic carbocycles. The van der Waals surface area contributed by atoms with E-state index in [1.165, 1.54) is 11.9 Å². The summed E-state index contributed by atoms with van der Waals surface area (Å²) in [4.78, 5) is 20.0. The predicted molar refractivity (Wildman–Crippen MR) is 123 cm³/mol. The zero-order valence-electron chi connectivity index (χ0n) is 18.1. The maximum atomic E-state index is 13.7. The van der Waals surface area contributed by atoms with E-state index in [4.69, 9.17) is 4.74 Å². The number of hydrogen-bond donors (Lipinski definition) is 0. The molecule has 2 atom stereocenters. The molecule has 1 amide bonds. The van der Waals surface area contributed by atoms with Crippen molar-refractivity contribution in [3.8, 4) is 5.75 Å². The number of anilines is 1. The molecule has 4 aromatic rings. The SMILES string of the molecule is COc1ccc([C@@H]2C[C@H](c3ccc(C)cc3)N(C(=O)c3ccccc3)c3ncnn32)cc1. The molecule has 0 saturated carbocycles. The number of fused-ring (bicyclic) bond motifs is 1. The maximum absolute atomic E-state index is 13.7. The molecule has 0 spiro atoms. The van der Waals surface area contributed by atoms with Gasteiger partial charge in [-0.3, -0.25) is 9.69 Å². The van der Waals surface area contributed by atoms with Crippen molar-refractivity contribution >= 4 is 11.9 Å². The highest BCUT2D eigenvalue weighted by Gasteiger charge is 2.39. The molecule has 0 saturated heterocycles. The standard InChI is InChI=1S/C26H24N4O2/c1-18-8-10-19(11-9-18)23-16-24(20-12-14-22(32-2)15-13-20)30-26(27-17-28-30)29(23)25(31)21-6-4-3-5-7-21/h3-15,17,23-24H,16H2,1-2H3/t23-,24+/m1/s1. The van der Waals surface area contributed by atoms with Crippen LogP contribution in [0.1, 0.15) is 45.6 Å². The van der Waals surface area contributed by atoms with Crippen LogP contribution in [0.15, 0.2) is 85.2 Å². The molecule has 1 aromatic heterocycles. The number of carbonyl (C=O) groups is 1.